The Bertz CT molecular complexity index is 1120. The lowest BCUT2D eigenvalue weighted by Gasteiger charge is -2.16. The SMILES string of the molecule is N#Cc1cc(Cl)cc2c1CC[C@H]2Oc1ccc(S(=O)(=O)NCCOCCOCCN)cc1F. The monoisotopic (exact) mass is 497 g/mol. The lowest BCUT2D eigenvalue weighted by atomic mass is 10.0. The first kappa shape index (κ1) is 25.4. The molecule has 0 aliphatic heterocycles. The lowest BCUT2D eigenvalue weighted by Crippen LogP contribution is -2.28. The number of hydrogen-bond acceptors (Lipinski definition) is 7. The number of nitrogens with two attached hydrogens (primary N) is 1. The molecule has 0 saturated heterocycles. The molecule has 0 bridgehead atoms. The molecule has 1 atom stereocenters. The van der Waals surface area contributed by atoms with Crippen LogP contribution in [-0.4, -0.2) is 47.9 Å². The smallest absolute Gasteiger partial charge is 0.240 e. The summed E-state index contributed by atoms with van der Waals surface area (Å²) in [6.45, 7) is 1.71. The summed E-state index contributed by atoms with van der Waals surface area (Å²) in [5, 5.41) is 9.70. The summed E-state index contributed by atoms with van der Waals surface area (Å²) in [5.74, 6) is -0.881. The van der Waals surface area contributed by atoms with Crippen molar-refractivity contribution in [1.29, 1.82) is 5.26 Å². The highest BCUT2D eigenvalue weighted by Crippen LogP contribution is 2.39. The van der Waals surface area contributed by atoms with E-state index in [1.807, 2.05) is 0 Å². The van der Waals surface area contributed by atoms with Crippen LogP contribution >= 0.6 is 11.6 Å². The Morgan fingerprint density at radius 1 is 1.18 bits per heavy atom. The molecule has 33 heavy (non-hydrogen) atoms. The van der Waals surface area contributed by atoms with Gasteiger partial charge in [0.05, 0.1) is 43.0 Å². The van der Waals surface area contributed by atoms with Crippen LogP contribution in [0, 0.1) is 17.1 Å². The van der Waals surface area contributed by atoms with Gasteiger partial charge in [-0.2, -0.15) is 5.26 Å². The molecule has 0 radical (unpaired) electrons. The fraction of sp³-hybridized carbons (Fsp3) is 0.409. The highest BCUT2D eigenvalue weighted by atomic mass is 35.5. The molecule has 0 fully saturated rings. The second kappa shape index (κ2) is 11.7. The topological polar surface area (TPSA) is 124 Å². The van der Waals surface area contributed by atoms with Gasteiger partial charge in [0.2, 0.25) is 10.0 Å². The van der Waals surface area contributed by atoms with E-state index in [1.165, 1.54) is 12.1 Å². The van der Waals surface area contributed by atoms with E-state index in [0.717, 1.165) is 17.2 Å². The van der Waals surface area contributed by atoms with Gasteiger partial charge in [-0.25, -0.2) is 17.5 Å². The van der Waals surface area contributed by atoms with E-state index < -0.39 is 21.9 Å². The fourth-order valence-electron chi connectivity index (χ4n) is 3.51. The van der Waals surface area contributed by atoms with Crippen molar-refractivity contribution in [3.05, 3.63) is 57.9 Å². The van der Waals surface area contributed by atoms with Gasteiger partial charge < -0.3 is 19.9 Å². The third-order valence-corrected chi connectivity index (χ3v) is 6.71. The maximum Gasteiger partial charge on any atom is 0.240 e. The minimum Gasteiger partial charge on any atom is -0.483 e. The molecule has 8 nitrogen and oxygen atoms in total. The first-order chi connectivity index (χ1) is 15.9. The molecular formula is C22H25ClFN3O5S. The average molecular weight is 498 g/mol. The van der Waals surface area contributed by atoms with E-state index in [0.29, 0.717) is 49.8 Å². The van der Waals surface area contributed by atoms with Crippen LogP contribution in [0.5, 0.6) is 5.75 Å². The van der Waals surface area contributed by atoms with Gasteiger partial charge in [-0.05, 0) is 54.3 Å². The first-order valence-corrected chi connectivity index (χ1v) is 12.3. The molecule has 3 rings (SSSR count). The van der Waals surface area contributed by atoms with E-state index in [2.05, 4.69) is 10.8 Å². The number of hydrogen-bond donors (Lipinski definition) is 2. The number of fused-ring (bicyclic) bond motifs is 1. The molecule has 0 unspecified atom stereocenters. The lowest BCUT2D eigenvalue weighted by molar-refractivity contribution is 0.0530. The van der Waals surface area contributed by atoms with Crippen molar-refractivity contribution in [3.63, 3.8) is 0 Å². The second-order valence-electron chi connectivity index (χ2n) is 7.28. The van der Waals surface area contributed by atoms with Gasteiger partial charge in [-0.3, -0.25) is 0 Å². The zero-order valence-corrected chi connectivity index (χ0v) is 19.4. The summed E-state index contributed by atoms with van der Waals surface area (Å²) in [5.41, 5.74) is 7.35. The van der Waals surface area contributed by atoms with E-state index in [4.69, 9.17) is 31.5 Å². The minimum absolute atomic E-state index is 0.0277. The Hall–Kier alpha value is -2.26. The van der Waals surface area contributed by atoms with Crippen molar-refractivity contribution in [2.45, 2.75) is 23.8 Å². The predicted molar refractivity (Wildman–Crippen MR) is 120 cm³/mol. The summed E-state index contributed by atoms with van der Waals surface area (Å²) in [7, 11) is -3.92. The summed E-state index contributed by atoms with van der Waals surface area (Å²) in [6, 6.07) is 8.89. The van der Waals surface area contributed by atoms with Crippen molar-refractivity contribution in [3.8, 4) is 11.8 Å². The van der Waals surface area contributed by atoms with Crippen LogP contribution in [0.3, 0.4) is 0 Å². The number of nitriles is 1. The van der Waals surface area contributed by atoms with Gasteiger partial charge in [0.15, 0.2) is 11.6 Å². The van der Waals surface area contributed by atoms with Crippen molar-refractivity contribution >= 4 is 21.6 Å². The van der Waals surface area contributed by atoms with Crippen LogP contribution in [0.1, 0.15) is 29.2 Å². The predicted octanol–water partition coefficient (Wildman–Crippen LogP) is 2.69. The van der Waals surface area contributed by atoms with E-state index >= 15 is 0 Å². The molecule has 0 heterocycles. The zero-order valence-electron chi connectivity index (χ0n) is 17.9. The van der Waals surface area contributed by atoms with Gasteiger partial charge in [-0.1, -0.05) is 11.6 Å². The Labute approximate surface area is 197 Å². The zero-order chi connectivity index (χ0) is 23.8. The molecular weight excluding hydrogens is 473 g/mol. The average Bonchev–Trinajstić information content (AvgIpc) is 3.18. The van der Waals surface area contributed by atoms with Crippen molar-refractivity contribution in [2.24, 2.45) is 5.73 Å². The molecule has 1 aliphatic rings. The second-order valence-corrected chi connectivity index (χ2v) is 9.48. The quantitative estimate of drug-likeness (QED) is 0.432. The maximum atomic E-state index is 14.7. The largest absolute Gasteiger partial charge is 0.483 e. The number of nitrogens with one attached hydrogen (secondary N) is 1. The molecule has 0 aromatic heterocycles. The van der Waals surface area contributed by atoms with Crippen molar-refractivity contribution < 1.29 is 27.0 Å². The van der Waals surface area contributed by atoms with Gasteiger partial charge in [0, 0.05) is 18.1 Å². The molecule has 2 aromatic carbocycles. The summed E-state index contributed by atoms with van der Waals surface area (Å²) in [4.78, 5) is -0.222. The fourth-order valence-corrected chi connectivity index (χ4v) is 4.76. The van der Waals surface area contributed by atoms with Gasteiger partial charge in [0.25, 0.3) is 0 Å². The highest BCUT2D eigenvalue weighted by molar-refractivity contribution is 7.89. The van der Waals surface area contributed by atoms with Gasteiger partial charge in [-0.15, -0.1) is 0 Å². The van der Waals surface area contributed by atoms with E-state index in [1.54, 1.807) is 12.1 Å². The van der Waals surface area contributed by atoms with Crippen LogP contribution in [-0.2, 0) is 25.9 Å². The van der Waals surface area contributed by atoms with E-state index in [9.17, 15) is 18.1 Å². The van der Waals surface area contributed by atoms with Gasteiger partial charge >= 0.3 is 0 Å². The summed E-state index contributed by atoms with van der Waals surface area (Å²) in [6.07, 6.45) is 0.689. The Kier molecular flexibility index (Phi) is 9.02. The standard InChI is InChI=1S/C22H25ClFN3O5S/c23-16-11-15(14-26)18-2-4-21(19(18)12-16)32-22-3-1-17(13-20(22)24)33(28,29)27-6-8-31-10-9-30-7-5-25/h1,3,11-13,21,27H,2,4-10,25H2/t21-/m1/s1. The summed E-state index contributed by atoms with van der Waals surface area (Å²) < 4.78 is 58.1. The molecule has 3 N–H and O–H groups in total. The van der Waals surface area contributed by atoms with Crippen molar-refractivity contribution in [1.82, 2.24) is 4.72 Å². The number of nitrogens with zero attached hydrogens (tertiary/aromatic N) is 1. The Balaban J connectivity index is 1.59. The first-order valence-electron chi connectivity index (χ1n) is 10.4. The molecule has 0 saturated carbocycles. The molecule has 0 amide bonds. The summed E-state index contributed by atoms with van der Waals surface area (Å²) >= 11 is 6.09. The van der Waals surface area contributed by atoms with Crippen molar-refractivity contribution in [2.75, 3.05) is 39.5 Å². The Morgan fingerprint density at radius 3 is 2.64 bits per heavy atom. The minimum atomic E-state index is -3.92. The number of halogens is 2. The van der Waals surface area contributed by atoms with Crippen LogP contribution < -0.4 is 15.2 Å². The third kappa shape index (κ3) is 6.63. The normalized spacial score (nSPS) is 15.3. The molecule has 11 heteroatoms. The van der Waals surface area contributed by atoms with Crippen LogP contribution in [0.25, 0.3) is 0 Å². The molecule has 0 spiro atoms. The molecule has 2 aromatic rings. The highest BCUT2D eigenvalue weighted by Gasteiger charge is 2.28. The molecule has 1 aliphatic carbocycles. The van der Waals surface area contributed by atoms with Crippen LogP contribution in [0.2, 0.25) is 5.02 Å². The van der Waals surface area contributed by atoms with Crippen LogP contribution in [0.4, 0.5) is 4.39 Å². The van der Waals surface area contributed by atoms with E-state index in [-0.39, 0.29) is 23.8 Å². The van der Waals surface area contributed by atoms with Crippen LogP contribution in [0.15, 0.2) is 35.2 Å². The maximum absolute atomic E-state index is 14.7. The number of rotatable bonds is 12. The third-order valence-electron chi connectivity index (χ3n) is 5.03. The number of sulfonamides is 1. The Morgan fingerprint density at radius 2 is 1.94 bits per heavy atom. The number of ether oxygens (including phenoxy) is 3. The van der Waals surface area contributed by atoms with Gasteiger partial charge in [0.1, 0.15) is 6.10 Å². The molecule has 178 valence electrons. The number of benzene rings is 2.